The van der Waals surface area contributed by atoms with E-state index in [1.54, 1.807) is 32.0 Å². The predicted octanol–water partition coefficient (Wildman–Crippen LogP) is 7.43. The Bertz CT molecular complexity index is 1220. The molecule has 1 aliphatic rings. The molecule has 1 aromatic heterocycles. The van der Waals surface area contributed by atoms with Gasteiger partial charge in [0.1, 0.15) is 11.4 Å². The van der Waals surface area contributed by atoms with Gasteiger partial charge in [0.15, 0.2) is 5.76 Å². The van der Waals surface area contributed by atoms with Gasteiger partial charge in [-0.05, 0) is 76.1 Å². The summed E-state index contributed by atoms with van der Waals surface area (Å²) in [7, 11) is 0. The summed E-state index contributed by atoms with van der Waals surface area (Å²) in [5.41, 5.74) is 3.48. The molecule has 8 heteroatoms. The molecule has 1 saturated carbocycles. The number of anilines is 2. The number of amides is 1. The average molecular weight is 511 g/mol. The largest absolute Gasteiger partial charge is 0.466 e. The highest BCUT2D eigenvalue weighted by Gasteiger charge is 2.31. The predicted molar refractivity (Wildman–Crippen MR) is 139 cm³/mol. The number of carbonyl (C=O) groups is 2. The molecule has 1 fully saturated rings. The number of carbonyl (C=O) groups excluding carboxylic acids is 2. The van der Waals surface area contributed by atoms with Crippen molar-refractivity contribution < 1.29 is 23.6 Å². The second kappa shape index (κ2) is 11.6. The summed E-state index contributed by atoms with van der Waals surface area (Å²) in [5, 5.41) is 4.59. The molecule has 3 aromatic rings. The number of hydrogen-bond acceptors (Lipinski definition) is 6. The summed E-state index contributed by atoms with van der Waals surface area (Å²) in [5.74, 6) is 0.669. The van der Waals surface area contributed by atoms with Crippen LogP contribution in [0.2, 0.25) is 5.02 Å². The van der Waals surface area contributed by atoms with Gasteiger partial charge in [-0.1, -0.05) is 47.1 Å². The summed E-state index contributed by atoms with van der Waals surface area (Å²) in [4.78, 5) is 26.7. The minimum atomic E-state index is -0.563. The third-order valence-electron chi connectivity index (χ3n) is 6.57. The second-order valence-electron chi connectivity index (χ2n) is 8.86. The highest BCUT2D eigenvalue weighted by atomic mass is 35.5. The van der Waals surface area contributed by atoms with Crippen LogP contribution in [0.25, 0.3) is 11.3 Å². The summed E-state index contributed by atoms with van der Waals surface area (Å²) >= 11 is 6.48. The maximum absolute atomic E-state index is 13.1. The quantitative estimate of drug-likeness (QED) is 0.307. The van der Waals surface area contributed by atoms with Crippen LogP contribution in [-0.4, -0.2) is 30.4 Å². The molecule has 1 amide bonds. The van der Waals surface area contributed by atoms with Crippen molar-refractivity contribution in [3.05, 3.63) is 64.8 Å². The average Bonchev–Trinajstić information content (AvgIpc) is 3.27. The molecule has 1 heterocycles. The Morgan fingerprint density at radius 2 is 1.75 bits per heavy atom. The zero-order chi connectivity index (χ0) is 25.7. The maximum atomic E-state index is 13.1. The number of aryl methyl sites for hydroxylation is 1. The molecule has 0 unspecified atom stereocenters. The monoisotopic (exact) mass is 510 g/mol. The fourth-order valence-corrected chi connectivity index (χ4v) is 5.03. The highest BCUT2D eigenvalue weighted by molar-refractivity contribution is 6.34. The van der Waals surface area contributed by atoms with Crippen LogP contribution in [0.5, 0.6) is 0 Å². The number of esters is 1. The molecular formula is C28H31ClN2O5. The van der Waals surface area contributed by atoms with Gasteiger partial charge in [-0.25, -0.2) is 9.69 Å². The van der Waals surface area contributed by atoms with Crippen molar-refractivity contribution in [1.29, 1.82) is 0 Å². The topological polar surface area (TPSA) is 81.9 Å². The molecule has 0 bridgehead atoms. The lowest BCUT2D eigenvalue weighted by molar-refractivity contribution is -0.149. The van der Waals surface area contributed by atoms with Crippen molar-refractivity contribution >= 4 is 35.0 Å². The van der Waals surface area contributed by atoms with E-state index in [1.807, 2.05) is 25.1 Å². The number of para-hydroxylation sites is 1. The van der Waals surface area contributed by atoms with Gasteiger partial charge in [-0.15, -0.1) is 0 Å². The fraction of sp³-hybridized carbons (Fsp3) is 0.393. The van der Waals surface area contributed by atoms with Gasteiger partial charge in [0, 0.05) is 5.56 Å². The van der Waals surface area contributed by atoms with Gasteiger partial charge in [0.05, 0.1) is 29.8 Å². The first-order valence-electron chi connectivity index (χ1n) is 12.4. The molecule has 7 nitrogen and oxygen atoms in total. The van der Waals surface area contributed by atoms with Crippen molar-refractivity contribution in [2.24, 2.45) is 5.92 Å². The van der Waals surface area contributed by atoms with Crippen LogP contribution in [0.15, 0.2) is 53.1 Å². The molecule has 4 rings (SSSR count). The van der Waals surface area contributed by atoms with E-state index < -0.39 is 6.09 Å². The molecule has 0 N–H and O–H groups in total. The van der Waals surface area contributed by atoms with Crippen molar-refractivity contribution in [2.45, 2.75) is 52.4 Å². The maximum Gasteiger partial charge on any atom is 0.419 e. The molecule has 0 atom stereocenters. The van der Waals surface area contributed by atoms with Gasteiger partial charge < -0.3 is 14.0 Å². The Balaban J connectivity index is 1.66. The molecule has 190 valence electrons. The van der Waals surface area contributed by atoms with E-state index >= 15 is 0 Å². The van der Waals surface area contributed by atoms with Gasteiger partial charge in [-0.2, -0.15) is 0 Å². The van der Waals surface area contributed by atoms with Crippen LogP contribution in [-0.2, 0) is 14.3 Å². The summed E-state index contributed by atoms with van der Waals surface area (Å²) in [6.07, 6.45) is 2.87. The van der Waals surface area contributed by atoms with Crippen LogP contribution in [0.3, 0.4) is 0 Å². The second-order valence-corrected chi connectivity index (χ2v) is 9.26. The van der Waals surface area contributed by atoms with Gasteiger partial charge in [0.2, 0.25) is 0 Å². The Labute approximate surface area is 216 Å². The van der Waals surface area contributed by atoms with Gasteiger partial charge in [-0.3, -0.25) is 4.79 Å². The standard InChI is InChI=1S/C28H31ClN2O5/c1-4-34-27(32)20-15-13-19(14-16-20)21-9-8-10-22(17-21)26-25(18(3)30-36-26)31(28(33)35-5-2)24-12-7-6-11-23(24)29/h6-12,17,19-20H,4-5,13-16H2,1-3H3. The SMILES string of the molecule is CCOC(=O)C1CCC(c2cccc(-c3onc(C)c3N(C(=O)OCC)c3ccccc3Cl)c2)CC1. The van der Waals surface area contributed by atoms with Crippen LogP contribution in [0.1, 0.15) is 56.7 Å². The van der Waals surface area contributed by atoms with E-state index in [1.165, 1.54) is 4.90 Å². The van der Waals surface area contributed by atoms with Crippen molar-refractivity contribution in [3.8, 4) is 11.3 Å². The number of aromatic nitrogens is 1. The van der Waals surface area contributed by atoms with E-state index in [-0.39, 0.29) is 18.5 Å². The van der Waals surface area contributed by atoms with Gasteiger partial charge in [0.25, 0.3) is 0 Å². The first kappa shape index (κ1) is 25.8. The summed E-state index contributed by atoms with van der Waals surface area (Å²) in [6.45, 7) is 6.00. The Hall–Kier alpha value is -3.32. The van der Waals surface area contributed by atoms with Gasteiger partial charge >= 0.3 is 12.1 Å². The van der Waals surface area contributed by atoms with Crippen molar-refractivity contribution in [2.75, 3.05) is 18.1 Å². The number of rotatable bonds is 7. The van der Waals surface area contributed by atoms with E-state index in [4.69, 9.17) is 25.6 Å². The molecule has 0 saturated heterocycles. The zero-order valence-electron chi connectivity index (χ0n) is 20.8. The van der Waals surface area contributed by atoms with Crippen LogP contribution in [0, 0.1) is 12.8 Å². The Morgan fingerprint density at radius 3 is 2.44 bits per heavy atom. The van der Waals surface area contributed by atoms with E-state index in [2.05, 4.69) is 17.3 Å². The van der Waals surface area contributed by atoms with E-state index in [9.17, 15) is 9.59 Å². The molecule has 0 radical (unpaired) electrons. The summed E-state index contributed by atoms with van der Waals surface area (Å²) in [6, 6.07) is 15.2. The van der Waals surface area contributed by atoms with E-state index in [0.29, 0.717) is 40.4 Å². The number of halogens is 1. The number of ether oxygens (including phenoxy) is 2. The lowest BCUT2D eigenvalue weighted by Crippen LogP contribution is -2.27. The first-order chi connectivity index (χ1) is 17.4. The Kier molecular flexibility index (Phi) is 8.31. The number of nitrogens with zero attached hydrogens (tertiary/aromatic N) is 2. The fourth-order valence-electron chi connectivity index (χ4n) is 4.81. The van der Waals surface area contributed by atoms with Crippen LogP contribution in [0.4, 0.5) is 16.2 Å². The molecular weight excluding hydrogens is 480 g/mol. The number of benzene rings is 2. The van der Waals surface area contributed by atoms with Crippen molar-refractivity contribution in [3.63, 3.8) is 0 Å². The lowest BCUT2D eigenvalue weighted by atomic mass is 9.78. The normalized spacial score (nSPS) is 17.4. The third kappa shape index (κ3) is 5.41. The highest BCUT2D eigenvalue weighted by Crippen LogP contribution is 2.42. The van der Waals surface area contributed by atoms with E-state index in [0.717, 1.165) is 36.8 Å². The molecule has 1 aliphatic carbocycles. The Morgan fingerprint density at radius 1 is 1.03 bits per heavy atom. The lowest BCUT2D eigenvalue weighted by Gasteiger charge is -2.27. The smallest absolute Gasteiger partial charge is 0.419 e. The molecule has 36 heavy (non-hydrogen) atoms. The van der Waals surface area contributed by atoms with Crippen LogP contribution >= 0.6 is 11.6 Å². The van der Waals surface area contributed by atoms with Crippen molar-refractivity contribution in [1.82, 2.24) is 5.16 Å². The zero-order valence-corrected chi connectivity index (χ0v) is 21.6. The molecule has 2 aromatic carbocycles. The minimum Gasteiger partial charge on any atom is -0.466 e. The third-order valence-corrected chi connectivity index (χ3v) is 6.89. The summed E-state index contributed by atoms with van der Waals surface area (Å²) < 4.78 is 16.3. The first-order valence-corrected chi connectivity index (χ1v) is 12.8. The molecule has 0 spiro atoms. The van der Waals surface area contributed by atoms with Crippen LogP contribution < -0.4 is 4.90 Å². The molecule has 0 aliphatic heterocycles. The minimum absolute atomic E-state index is 0.0262. The number of hydrogen-bond donors (Lipinski definition) is 0.